The van der Waals surface area contributed by atoms with E-state index in [0.29, 0.717) is 5.82 Å². The molecule has 0 amide bonds. The van der Waals surface area contributed by atoms with Crippen molar-refractivity contribution in [3.8, 4) is 5.75 Å². The van der Waals surface area contributed by atoms with E-state index in [1.807, 2.05) is 30.3 Å². The van der Waals surface area contributed by atoms with Crippen LogP contribution in [0, 0.1) is 13.8 Å². The molecule has 2 heterocycles. The minimum absolute atomic E-state index is 0.263. The number of nitrogen functional groups attached to an aromatic ring is 1. The number of hydrogen-bond acceptors (Lipinski definition) is 4. The Morgan fingerprint density at radius 2 is 2.04 bits per heavy atom. The van der Waals surface area contributed by atoms with Gasteiger partial charge in [-0.25, -0.2) is 4.98 Å². The molecule has 4 rings (SSSR count). The molecule has 0 aliphatic carbocycles. The monoisotopic (exact) mass is 347 g/mol. The number of benzene rings is 2. The van der Waals surface area contributed by atoms with Crippen LogP contribution in [-0.4, -0.2) is 23.7 Å². The van der Waals surface area contributed by atoms with Crippen molar-refractivity contribution in [2.75, 3.05) is 18.8 Å². The van der Waals surface area contributed by atoms with Gasteiger partial charge in [0.1, 0.15) is 22.7 Å². The third-order valence-electron chi connectivity index (χ3n) is 5.25. The molecule has 1 aliphatic rings. The van der Waals surface area contributed by atoms with E-state index in [2.05, 4.69) is 42.3 Å². The Balaban J connectivity index is 1.70. The first-order valence-corrected chi connectivity index (χ1v) is 9.16. The van der Waals surface area contributed by atoms with Gasteiger partial charge in [0.05, 0.1) is 0 Å². The fourth-order valence-electron chi connectivity index (χ4n) is 3.84. The summed E-state index contributed by atoms with van der Waals surface area (Å²) in [6.45, 7) is 6.11. The Labute approximate surface area is 154 Å². The van der Waals surface area contributed by atoms with Gasteiger partial charge >= 0.3 is 0 Å². The van der Waals surface area contributed by atoms with Gasteiger partial charge in [0, 0.05) is 24.8 Å². The van der Waals surface area contributed by atoms with Crippen molar-refractivity contribution in [1.29, 1.82) is 0 Å². The summed E-state index contributed by atoms with van der Waals surface area (Å²) in [6, 6.07) is 16.5. The minimum Gasteiger partial charge on any atom is -0.483 e. The number of para-hydroxylation sites is 1. The van der Waals surface area contributed by atoms with Crippen LogP contribution in [0.15, 0.2) is 48.5 Å². The van der Waals surface area contributed by atoms with Crippen molar-refractivity contribution in [2.45, 2.75) is 32.3 Å². The molecule has 3 N–H and O–H groups in total. The number of pyridine rings is 1. The fraction of sp³-hybridized carbons (Fsp3) is 0.318. The second-order valence-electron chi connectivity index (χ2n) is 7.38. The predicted octanol–water partition coefficient (Wildman–Crippen LogP) is 3.79. The molecule has 4 heteroatoms. The normalized spacial score (nSPS) is 19.8. The Kier molecular flexibility index (Phi) is 4.29. The Hall–Kier alpha value is -2.59. The largest absolute Gasteiger partial charge is 0.483 e. The standard InChI is InChI=1S/C22H25N3O/c1-15-6-7-18(16(2)12-15)13-22(10-11-24-14-22)26-19-5-3-4-17-8-9-20(23)25-21(17)19/h3-9,12,24H,10-11,13-14H2,1-2H3,(H2,23,25)/t22-/m1/s1. The first kappa shape index (κ1) is 16.9. The molecular formula is C22H25N3O. The van der Waals surface area contributed by atoms with Crippen LogP contribution in [0.4, 0.5) is 5.82 Å². The Bertz CT molecular complexity index is 945. The number of nitrogens with one attached hydrogen (secondary N) is 1. The van der Waals surface area contributed by atoms with Crippen LogP contribution >= 0.6 is 0 Å². The lowest BCUT2D eigenvalue weighted by molar-refractivity contribution is 0.0918. The van der Waals surface area contributed by atoms with E-state index in [1.54, 1.807) is 0 Å². The van der Waals surface area contributed by atoms with E-state index in [0.717, 1.165) is 42.6 Å². The van der Waals surface area contributed by atoms with E-state index in [4.69, 9.17) is 10.5 Å². The average molecular weight is 347 g/mol. The average Bonchev–Trinajstić information content (AvgIpc) is 3.06. The molecule has 0 bridgehead atoms. The quantitative estimate of drug-likeness (QED) is 0.754. The van der Waals surface area contributed by atoms with Crippen LogP contribution in [-0.2, 0) is 6.42 Å². The first-order valence-electron chi connectivity index (χ1n) is 9.16. The second kappa shape index (κ2) is 6.61. The summed E-state index contributed by atoms with van der Waals surface area (Å²) in [4.78, 5) is 4.52. The lowest BCUT2D eigenvalue weighted by Gasteiger charge is -2.31. The number of ether oxygens (including phenoxy) is 1. The van der Waals surface area contributed by atoms with E-state index >= 15 is 0 Å². The van der Waals surface area contributed by atoms with E-state index in [1.165, 1.54) is 16.7 Å². The molecule has 3 aromatic rings. The molecule has 0 unspecified atom stereocenters. The van der Waals surface area contributed by atoms with Crippen molar-refractivity contribution in [3.05, 3.63) is 65.2 Å². The molecule has 0 saturated carbocycles. The van der Waals surface area contributed by atoms with E-state index in [-0.39, 0.29) is 5.60 Å². The second-order valence-corrected chi connectivity index (χ2v) is 7.38. The maximum atomic E-state index is 6.64. The molecule has 1 aliphatic heterocycles. The number of nitrogens with two attached hydrogens (primary N) is 1. The Morgan fingerprint density at radius 3 is 2.81 bits per heavy atom. The lowest BCUT2D eigenvalue weighted by Crippen LogP contribution is -2.41. The molecule has 0 radical (unpaired) electrons. The molecule has 134 valence electrons. The summed E-state index contributed by atoms with van der Waals surface area (Å²) in [6.07, 6.45) is 1.85. The number of nitrogens with zero attached hydrogens (tertiary/aromatic N) is 1. The van der Waals surface area contributed by atoms with Crippen molar-refractivity contribution in [3.63, 3.8) is 0 Å². The predicted molar refractivity (Wildman–Crippen MR) is 107 cm³/mol. The summed E-state index contributed by atoms with van der Waals surface area (Å²) in [7, 11) is 0. The zero-order valence-corrected chi connectivity index (χ0v) is 15.4. The van der Waals surface area contributed by atoms with Crippen LogP contribution in [0.25, 0.3) is 10.9 Å². The number of fused-ring (bicyclic) bond motifs is 1. The molecule has 26 heavy (non-hydrogen) atoms. The van der Waals surface area contributed by atoms with Crippen LogP contribution in [0.3, 0.4) is 0 Å². The summed E-state index contributed by atoms with van der Waals surface area (Å²) < 4.78 is 6.64. The van der Waals surface area contributed by atoms with Crippen molar-refractivity contribution < 1.29 is 4.74 Å². The highest BCUT2D eigenvalue weighted by Gasteiger charge is 2.37. The summed E-state index contributed by atoms with van der Waals surface area (Å²) >= 11 is 0. The maximum absolute atomic E-state index is 6.64. The van der Waals surface area contributed by atoms with Crippen molar-refractivity contribution >= 4 is 16.7 Å². The van der Waals surface area contributed by atoms with Gasteiger partial charge in [-0.3, -0.25) is 0 Å². The molecule has 1 fully saturated rings. The van der Waals surface area contributed by atoms with Gasteiger partial charge in [-0.05, 0) is 49.7 Å². The molecule has 1 atom stereocenters. The zero-order valence-electron chi connectivity index (χ0n) is 15.4. The Morgan fingerprint density at radius 1 is 1.15 bits per heavy atom. The molecular weight excluding hydrogens is 322 g/mol. The van der Waals surface area contributed by atoms with Gasteiger partial charge < -0.3 is 15.8 Å². The number of aryl methyl sites for hydroxylation is 2. The van der Waals surface area contributed by atoms with Gasteiger partial charge in [-0.1, -0.05) is 35.9 Å². The van der Waals surface area contributed by atoms with Gasteiger partial charge in [0.2, 0.25) is 0 Å². The van der Waals surface area contributed by atoms with Gasteiger partial charge in [-0.15, -0.1) is 0 Å². The highest BCUT2D eigenvalue weighted by Crippen LogP contribution is 2.33. The fourth-order valence-corrected chi connectivity index (χ4v) is 3.84. The van der Waals surface area contributed by atoms with Crippen LogP contribution in [0.5, 0.6) is 5.75 Å². The van der Waals surface area contributed by atoms with Crippen molar-refractivity contribution in [2.24, 2.45) is 0 Å². The minimum atomic E-state index is -0.263. The summed E-state index contributed by atoms with van der Waals surface area (Å²) in [5.74, 6) is 1.32. The third kappa shape index (κ3) is 3.25. The first-order chi connectivity index (χ1) is 12.5. The molecule has 1 aromatic heterocycles. The van der Waals surface area contributed by atoms with Crippen LogP contribution in [0.2, 0.25) is 0 Å². The summed E-state index contributed by atoms with van der Waals surface area (Å²) in [5.41, 5.74) is 10.4. The van der Waals surface area contributed by atoms with E-state index < -0.39 is 0 Å². The van der Waals surface area contributed by atoms with Crippen molar-refractivity contribution in [1.82, 2.24) is 10.3 Å². The number of aromatic nitrogens is 1. The van der Waals surface area contributed by atoms with Gasteiger partial charge in [0.25, 0.3) is 0 Å². The third-order valence-corrected chi connectivity index (χ3v) is 5.25. The maximum Gasteiger partial charge on any atom is 0.146 e. The molecule has 4 nitrogen and oxygen atoms in total. The number of rotatable bonds is 4. The van der Waals surface area contributed by atoms with Gasteiger partial charge in [-0.2, -0.15) is 0 Å². The van der Waals surface area contributed by atoms with Crippen LogP contribution < -0.4 is 15.8 Å². The van der Waals surface area contributed by atoms with Gasteiger partial charge in [0.15, 0.2) is 0 Å². The molecule has 2 aromatic carbocycles. The SMILES string of the molecule is Cc1ccc(C[C@]2(Oc3cccc4ccc(N)nc34)CCNC2)c(C)c1. The topological polar surface area (TPSA) is 60.2 Å². The summed E-state index contributed by atoms with van der Waals surface area (Å²) in [5, 5.41) is 4.52. The molecule has 0 spiro atoms. The highest BCUT2D eigenvalue weighted by molar-refractivity contribution is 5.85. The smallest absolute Gasteiger partial charge is 0.146 e. The molecule has 1 saturated heterocycles. The number of hydrogen-bond donors (Lipinski definition) is 2. The van der Waals surface area contributed by atoms with E-state index in [9.17, 15) is 0 Å². The zero-order chi connectivity index (χ0) is 18.1. The van der Waals surface area contributed by atoms with Crippen LogP contribution in [0.1, 0.15) is 23.1 Å². The number of anilines is 1. The lowest BCUT2D eigenvalue weighted by atomic mass is 9.90. The highest BCUT2D eigenvalue weighted by atomic mass is 16.5.